The highest BCUT2D eigenvalue weighted by atomic mass is 32.2. The van der Waals surface area contributed by atoms with E-state index < -0.39 is 10.0 Å². The van der Waals surface area contributed by atoms with Crippen molar-refractivity contribution in [2.24, 2.45) is 13.0 Å². The van der Waals surface area contributed by atoms with Gasteiger partial charge in [-0.05, 0) is 30.9 Å². The Balaban J connectivity index is 1.53. The van der Waals surface area contributed by atoms with E-state index in [1.54, 1.807) is 34.6 Å². The molecule has 1 fully saturated rings. The molecule has 132 valence electrons. The van der Waals surface area contributed by atoms with Crippen LogP contribution in [0, 0.1) is 5.92 Å². The van der Waals surface area contributed by atoms with Crippen LogP contribution >= 0.6 is 0 Å². The van der Waals surface area contributed by atoms with Gasteiger partial charge in [-0.3, -0.25) is 0 Å². The molecule has 1 aliphatic heterocycles. The smallest absolute Gasteiger partial charge is 0.262 e. The summed E-state index contributed by atoms with van der Waals surface area (Å²) in [4.78, 5) is 12.8. The van der Waals surface area contributed by atoms with Crippen LogP contribution in [0.5, 0.6) is 0 Å². The lowest BCUT2D eigenvalue weighted by Gasteiger charge is -2.31. The number of piperidine rings is 1. The Morgan fingerprint density at radius 1 is 1.24 bits per heavy atom. The summed E-state index contributed by atoms with van der Waals surface area (Å²) in [7, 11) is -1.77. The number of rotatable bonds is 4. The van der Waals surface area contributed by atoms with Gasteiger partial charge in [0.25, 0.3) is 10.0 Å². The monoisotopic (exact) mass is 360 g/mol. The number of pyridine rings is 1. The fourth-order valence-electron chi connectivity index (χ4n) is 3.36. The van der Waals surface area contributed by atoms with E-state index in [-0.39, 0.29) is 10.9 Å². The van der Waals surface area contributed by atoms with Crippen molar-refractivity contribution in [3.8, 4) is 0 Å². The van der Waals surface area contributed by atoms with Crippen molar-refractivity contribution in [2.75, 3.05) is 13.1 Å². The fraction of sp³-hybridized carbons (Fsp3) is 0.438. The van der Waals surface area contributed by atoms with Crippen molar-refractivity contribution in [1.29, 1.82) is 0 Å². The number of fused-ring (bicyclic) bond motifs is 1. The van der Waals surface area contributed by atoms with Gasteiger partial charge in [0.15, 0.2) is 10.7 Å². The molecule has 4 rings (SSSR count). The average molecular weight is 360 g/mol. The van der Waals surface area contributed by atoms with E-state index >= 15 is 0 Å². The van der Waals surface area contributed by atoms with Gasteiger partial charge in [0, 0.05) is 39.1 Å². The molecule has 1 unspecified atom stereocenters. The molecule has 9 heteroatoms. The molecule has 3 aromatic rings. The second-order valence-electron chi connectivity index (χ2n) is 6.49. The summed E-state index contributed by atoms with van der Waals surface area (Å²) in [5.74, 6) is 0.228. The molecule has 0 aromatic carbocycles. The highest BCUT2D eigenvalue weighted by Gasteiger charge is 2.32. The largest absolute Gasteiger partial charge is 0.339 e. The minimum atomic E-state index is -3.53. The maximum absolute atomic E-state index is 12.8. The van der Waals surface area contributed by atoms with Gasteiger partial charge in [-0.2, -0.15) is 4.31 Å². The summed E-state index contributed by atoms with van der Waals surface area (Å²) in [6, 6.07) is 3.79. The number of nitrogens with zero attached hydrogens (tertiary/aromatic N) is 6. The van der Waals surface area contributed by atoms with E-state index in [2.05, 4.69) is 15.0 Å². The lowest BCUT2D eigenvalue weighted by molar-refractivity contribution is 0.246. The van der Waals surface area contributed by atoms with Crippen LogP contribution in [-0.2, 0) is 23.6 Å². The minimum absolute atomic E-state index is 0.116. The van der Waals surface area contributed by atoms with Crippen molar-refractivity contribution in [3.63, 3.8) is 0 Å². The van der Waals surface area contributed by atoms with Gasteiger partial charge in [0.1, 0.15) is 5.52 Å². The molecular formula is C16H20N6O2S. The molecule has 25 heavy (non-hydrogen) atoms. The van der Waals surface area contributed by atoms with Crippen molar-refractivity contribution in [2.45, 2.75) is 24.4 Å². The molecule has 0 radical (unpaired) electrons. The van der Waals surface area contributed by atoms with Crippen molar-refractivity contribution in [1.82, 2.24) is 28.4 Å². The third-order valence-corrected chi connectivity index (χ3v) is 6.35. The normalized spacial score (nSPS) is 19.5. The zero-order valence-electron chi connectivity index (χ0n) is 14.0. The van der Waals surface area contributed by atoms with Crippen LogP contribution in [0.15, 0.2) is 42.2 Å². The molecular weight excluding hydrogens is 340 g/mol. The third kappa shape index (κ3) is 3.05. The summed E-state index contributed by atoms with van der Waals surface area (Å²) in [5.41, 5.74) is 1.70. The Kier molecular flexibility index (Phi) is 4.04. The van der Waals surface area contributed by atoms with E-state index in [0.717, 1.165) is 24.0 Å². The van der Waals surface area contributed by atoms with E-state index in [0.29, 0.717) is 19.6 Å². The van der Waals surface area contributed by atoms with Crippen LogP contribution < -0.4 is 0 Å². The molecule has 4 heterocycles. The zero-order valence-corrected chi connectivity index (χ0v) is 14.8. The number of aromatic nitrogens is 5. The Bertz CT molecular complexity index is 993. The average Bonchev–Trinajstić information content (AvgIpc) is 3.23. The molecule has 1 atom stereocenters. The summed E-state index contributed by atoms with van der Waals surface area (Å²) >= 11 is 0. The molecule has 0 saturated carbocycles. The SMILES string of the molecule is Cn1cnc(S(=O)(=O)N2CCCC(Cn3cnc4cccnc43)C2)c1. The van der Waals surface area contributed by atoms with Crippen LogP contribution in [0.3, 0.4) is 0 Å². The van der Waals surface area contributed by atoms with Gasteiger partial charge in [-0.15, -0.1) is 0 Å². The van der Waals surface area contributed by atoms with E-state index in [1.807, 2.05) is 16.7 Å². The maximum atomic E-state index is 12.8. The second-order valence-corrected chi connectivity index (χ2v) is 8.38. The van der Waals surface area contributed by atoms with E-state index in [4.69, 9.17) is 0 Å². The highest BCUT2D eigenvalue weighted by Crippen LogP contribution is 2.24. The van der Waals surface area contributed by atoms with Crippen molar-refractivity contribution >= 4 is 21.2 Å². The van der Waals surface area contributed by atoms with Crippen LogP contribution in [-0.4, -0.2) is 49.9 Å². The van der Waals surface area contributed by atoms with Crippen molar-refractivity contribution < 1.29 is 8.42 Å². The Morgan fingerprint density at radius 2 is 2.12 bits per heavy atom. The predicted octanol–water partition coefficient (Wildman–Crippen LogP) is 1.27. The van der Waals surface area contributed by atoms with Crippen molar-refractivity contribution in [3.05, 3.63) is 37.2 Å². The molecule has 0 bridgehead atoms. The Labute approximate surface area is 146 Å². The zero-order chi connectivity index (χ0) is 17.4. The van der Waals surface area contributed by atoms with Crippen LogP contribution in [0.4, 0.5) is 0 Å². The number of imidazole rings is 2. The first-order chi connectivity index (χ1) is 12.0. The summed E-state index contributed by atoms with van der Waals surface area (Å²) in [5, 5.41) is 0.116. The quantitative estimate of drug-likeness (QED) is 0.699. The Morgan fingerprint density at radius 3 is 2.92 bits per heavy atom. The second kappa shape index (κ2) is 6.23. The third-order valence-electron chi connectivity index (χ3n) is 4.60. The Hall–Kier alpha value is -2.26. The summed E-state index contributed by atoms with van der Waals surface area (Å²) in [6.45, 7) is 1.74. The maximum Gasteiger partial charge on any atom is 0.262 e. The standard InChI is InChI=1S/C16H20N6O2S/c1-20-10-15(19-11-20)25(23,24)22-7-3-4-13(9-22)8-21-12-18-14-5-2-6-17-16(14)21/h2,5-6,10-13H,3-4,7-9H2,1H3. The molecule has 1 aliphatic rings. The molecule has 0 amide bonds. The summed E-state index contributed by atoms with van der Waals surface area (Å²) < 4.78 is 30.8. The van der Waals surface area contributed by atoms with Gasteiger partial charge in [-0.1, -0.05) is 0 Å². The first-order valence-corrected chi connectivity index (χ1v) is 9.72. The lowest BCUT2D eigenvalue weighted by atomic mass is 10.00. The van der Waals surface area contributed by atoms with Crippen LogP contribution in [0.25, 0.3) is 11.2 Å². The minimum Gasteiger partial charge on any atom is -0.339 e. The number of sulfonamides is 1. The van der Waals surface area contributed by atoms with Gasteiger partial charge in [-0.25, -0.2) is 23.4 Å². The first kappa shape index (κ1) is 16.2. The lowest BCUT2D eigenvalue weighted by Crippen LogP contribution is -2.41. The number of hydrogen-bond acceptors (Lipinski definition) is 5. The molecule has 1 saturated heterocycles. The first-order valence-electron chi connectivity index (χ1n) is 8.28. The molecule has 0 N–H and O–H groups in total. The predicted molar refractivity (Wildman–Crippen MR) is 92.2 cm³/mol. The van der Waals surface area contributed by atoms with Gasteiger partial charge < -0.3 is 9.13 Å². The summed E-state index contributed by atoms with van der Waals surface area (Å²) in [6.07, 6.45) is 8.42. The van der Waals surface area contributed by atoms with Crippen LogP contribution in [0.1, 0.15) is 12.8 Å². The molecule has 8 nitrogen and oxygen atoms in total. The van der Waals surface area contributed by atoms with E-state index in [9.17, 15) is 8.42 Å². The van der Waals surface area contributed by atoms with Gasteiger partial charge in [0.2, 0.25) is 0 Å². The van der Waals surface area contributed by atoms with Gasteiger partial charge >= 0.3 is 0 Å². The fourth-order valence-corrected chi connectivity index (χ4v) is 4.88. The molecule has 0 spiro atoms. The molecule has 0 aliphatic carbocycles. The topological polar surface area (TPSA) is 85.9 Å². The highest BCUT2D eigenvalue weighted by molar-refractivity contribution is 7.89. The van der Waals surface area contributed by atoms with Crippen LogP contribution in [0.2, 0.25) is 0 Å². The number of hydrogen-bond donors (Lipinski definition) is 0. The number of aryl methyl sites for hydroxylation is 1. The molecule has 3 aromatic heterocycles. The van der Waals surface area contributed by atoms with E-state index in [1.165, 1.54) is 6.33 Å². The van der Waals surface area contributed by atoms with Gasteiger partial charge in [0.05, 0.1) is 12.7 Å².